The number of hydrogen-bond donors (Lipinski definition) is 2. The average Bonchev–Trinajstić information content (AvgIpc) is 2.70. The first-order valence-corrected chi connectivity index (χ1v) is 10.2. The van der Waals surface area contributed by atoms with Crippen LogP contribution >= 0.6 is 0 Å². The van der Waals surface area contributed by atoms with Gasteiger partial charge in [-0.05, 0) is 61.3 Å². The predicted octanol–water partition coefficient (Wildman–Crippen LogP) is 4.20. The van der Waals surface area contributed by atoms with Crippen LogP contribution in [0, 0.1) is 13.8 Å². The molecular formula is C25H29N3O2. The number of rotatable bonds is 7. The van der Waals surface area contributed by atoms with E-state index in [1.165, 1.54) is 5.39 Å². The molecule has 5 heteroatoms. The van der Waals surface area contributed by atoms with Gasteiger partial charge in [-0.2, -0.15) is 0 Å². The lowest BCUT2D eigenvalue weighted by molar-refractivity contribution is -0.123. The van der Waals surface area contributed by atoms with E-state index >= 15 is 0 Å². The van der Waals surface area contributed by atoms with E-state index < -0.39 is 0 Å². The van der Waals surface area contributed by atoms with Crippen molar-refractivity contribution in [3.8, 4) is 0 Å². The van der Waals surface area contributed by atoms with Gasteiger partial charge in [-0.3, -0.25) is 14.5 Å². The molecular weight excluding hydrogens is 374 g/mol. The lowest BCUT2D eigenvalue weighted by atomic mass is 10.0. The third-order valence-electron chi connectivity index (χ3n) is 5.22. The zero-order chi connectivity index (χ0) is 21.7. The van der Waals surface area contributed by atoms with E-state index in [0.29, 0.717) is 0 Å². The van der Waals surface area contributed by atoms with Crippen molar-refractivity contribution in [1.29, 1.82) is 0 Å². The zero-order valence-corrected chi connectivity index (χ0v) is 18.0. The Morgan fingerprint density at radius 3 is 2.20 bits per heavy atom. The van der Waals surface area contributed by atoms with Crippen LogP contribution in [0.5, 0.6) is 0 Å². The van der Waals surface area contributed by atoms with Crippen molar-refractivity contribution in [2.75, 3.05) is 25.5 Å². The van der Waals surface area contributed by atoms with Gasteiger partial charge < -0.3 is 10.6 Å². The van der Waals surface area contributed by atoms with Gasteiger partial charge >= 0.3 is 0 Å². The van der Waals surface area contributed by atoms with E-state index in [-0.39, 0.29) is 30.9 Å². The lowest BCUT2D eigenvalue weighted by Gasteiger charge is -2.20. The maximum atomic E-state index is 12.5. The molecule has 0 aliphatic heterocycles. The maximum Gasteiger partial charge on any atom is 0.238 e. The molecule has 0 saturated heterocycles. The number of nitrogens with zero attached hydrogens (tertiary/aromatic N) is 1. The Labute approximate surface area is 178 Å². The molecule has 0 spiro atoms. The molecule has 1 atom stereocenters. The molecule has 156 valence electrons. The molecule has 0 saturated carbocycles. The van der Waals surface area contributed by atoms with E-state index in [4.69, 9.17) is 0 Å². The van der Waals surface area contributed by atoms with Gasteiger partial charge in [0.2, 0.25) is 11.8 Å². The molecule has 2 N–H and O–H groups in total. The van der Waals surface area contributed by atoms with Gasteiger partial charge in [-0.25, -0.2) is 0 Å². The fourth-order valence-electron chi connectivity index (χ4n) is 3.58. The summed E-state index contributed by atoms with van der Waals surface area (Å²) < 4.78 is 0. The molecule has 0 fully saturated rings. The molecule has 30 heavy (non-hydrogen) atoms. The lowest BCUT2D eigenvalue weighted by Crippen LogP contribution is -2.39. The maximum absolute atomic E-state index is 12.5. The van der Waals surface area contributed by atoms with Gasteiger partial charge in [0.1, 0.15) is 0 Å². The summed E-state index contributed by atoms with van der Waals surface area (Å²) in [5.74, 6) is -0.247. The molecule has 3 aromatic rings. The molecule has 0 aliphatic carbocycles. The van der Waals surface area contributed by atoms with Crippen molar-refractivity contribution in [3.63, 3.8) is 0 Å². The quantitative estimate of drug-likeness (QED) is 0.621. The highest BCUT2D eigenvalue weighted by molar-refractivity contribution is 5.94. The highest BCUT2D eigenvalue weighted by Gasteiger charge is 2.15. The molecule has 0 bridgehead atoms. The minimum Gasteiger partial charge on any atom is -0.348 e. The zero-order valence-electron chi connectivity index (χ0n) is 18.0. The number of aryl methyl sites for hydroxylation is 2. The standard InChI is InChI=1S/C25H29N3O2/c1-17-8-7-9-18(2)25(17)27-24(30)16-28(4)15-23(29)26-19(3)21-13-12-20-10-5-6-11-22(20)14-21/h5-14,19H,15-16H2,1-4H3,(H,26,29)(H,27,30)/t19-/m1/s1. The predicted molar refractivity (Wildman–Crippen MR) is 123 cm³/mol. The average molecular weight is 404 g/mol. The summed E-state index contributed by atoms with van der Waals surface area (Å²) in [6, 6.07) is 20.1. The minimum absolute atomic E-state index is 0.112. The van der Waals surface area contributed by atoms with Crippen LogP contribution in [0.3, 0.4) is 0 Å². The molecule has 0 aromatic heterocycles. The molecule has 0 radical (unpaired) electrons. The van der Waals surface area contributed by atoms with Crippen LogP contribution in [-0.2, 0) is 9.59 Å². The third kappa shape index (κ3) is 5.45. The Balaban J connectivity index is 1.52. The van der Waals surface area contributed by atoms with Crippen molar-refractivity contribution >= 4 is 28.3 Å². The normalized spacial score (nSPS) is 12.0. The molecule has 2 amide bonds. The Kier molecular flexibility index (Phi) is 6.85. The van der Waals surface area contributed by atoms with Gasteiger partial charge in [-0.15, -0.1) is 0 Å². The highest BCUT2D eigenvalue weighted by atomic mass is 16.2. The van der Waals surface area contributed by atoms with Crippen molar-refractivity contribution in [1.82, 2.24) is 10.2 Å². The first-order valence-electron chi connectivity index (χ1n) is 10.2. The van der Waals surface area contributed by atoms with Crippen LogP contribution in [0.4, 0.5) is 5.69 Å². The first kappa shape index (κ1) is 21.5. The second-order valence-corrected chi connectivity index (χ2v) is 7.88. The number of likely N-dealkylation sites (N-methyl/N-ethyl adjacent to an activating group) is 1. The second-order valence-electron chi connectivity index (χ2n) is 7.88. The van der Waals surface area contributed by atoms with Gasteiger partial charge in [0.05, 0.1) is 19.1 Å². The summed E-state index contributed by atoms with van der Waals surface area (Å²) in [5.41, 5.74) is 3.93. The number of carbonyl (C=O) groups excluding carboxylic acids is 2. The number of para-hydroxylation sites is 1. The van der Waals surface area contributed by atoms with Gasteiger partial charge in [-0.1, -0.05) is 54.6 Å². The van der Waals surface area contributed by atoms with Crippen molar-refractivity contribution in [2.24, 2.45) is 0 Å². The van der Waals surface area contributed by atoms with Gasteiger partial charge in [0.15, 0.2) is 0 Å². The number of fused-ring (bicyclic) bond motifs is 1. The van der Waals surface area contributed by atoms with Crippen LogP contribution in [0.25, 0.3) is 10.8 Å². The van der Waals surface area contributed by atoms with E-state index in [0.717, 1.165) is 27.8 Å². The third-order valence-corrected chi connectivity index (χ3v) is 5.22. The van der Waals surface area contributed by atoms with Crippen LogP contribution in [0.1, 0.15) is 29.7 Å². The van der Waals surface area contributed by atoms with Gasteiger partial charge in [0.25, 0.3) is 0 Å². The van der Waals surface area contributed by atoms with Crippen molar-refractivity contribution < 1.29 is 9.59 Å². The van der Waals surface area contributed by atoms with Gasteiger partial charge in [0, 0.05) is 5.69 Å². The first-order chi connectivity index (χ1) is 14.3. The van der Waals surface area contributed by atoms with Crippen molar-refractivity contribution in [3.05, 3.63) is 77.4 Å². The number of amides is 2. The number of nitrogens with one attached hydrogen (secondary N) is 2. The number of carbonyl (C=O) groups is 2. The molecule has 5 nitrogen and oxygen atoms in total. The van der Waals surface area contributed by atoms with E-state index in [2.05, 4.69) is 34.9 Å². The summed E-state index contributed by atoms with van der Waals surface area (Å²) in [6.45, 7) is 6.20. The fourth-order valence-corrected chi connectivity index (χ4v) is 3.58. The monoisotopic (exact) mass is 403 g/mol. The summed E-state index contributed by atoms with van der Waals surface area (Å²) in [5, 5.41) is 8.30. The van der Waals surface area contributed by atoms with Crippen LogP contribution in [-0.4, -0.2) is 36.9 Å². The minimum atomic E-state index is -0.134. The van der Waals surface area contributed by atoms with Crippen LogP contribution in [0.15, 0.2) is 60.7 Å². The molecule has 3 rings (SSSR count). The summed E-state index contributed by atoms with van der Waals surface area (Å²) in [4.78, 5) is 26.6. The highest BCUT2D eigenvalue weighted by Crippen LogP contribution is 2.21. The molecule has 0 heterocycles. The van der Waals surface area contributed by atoms with Crippen molar-refractivity contribution in [2.45, 2.75) is 26.8 Å². The Bertz CT molecular complexity index is 1040. The summed E-state index contributed by atoms with van der Waals surface area (Å²) in [6.07, 6.45) is 0. The fraction of sp³-hybridized carbons (Fsp3) is 0.280. The van der Waals surface area contributed by atoms with Crippen LogP contribution in [0.2, 0.25) is 0 Å². The number of anilines is 1. The van der Waals surface area contributed by atoms with E-state index in [1.807, 2.05) is 57.2 Å². The number of benzene rings is 3. The Morgan fingerprint density at radius 2 is 1.50 bits per heavy atom. The molecule has 0 aliphatic rings. The smallest absolute Gasteiger partial charge is 0.238 e. The number of hydrogen-bond acceptors (Lipinski definition) is 3. The topological polar surface area (TPSA) is 61.4 Å². The van der Waals surface area contributed by atoms with Crippen LogP contribution < -0.4 is 10.6 Å². The Hall–Kier alpha value is -3.18. The molecule has 0 unspecified atom stereocenters. The largest absolute Gasteiger partial charge is 0.348 e. The SMILES string of the molecule is Cc1cccc(C)c1NC(=O)CN(C)CC(=O)N[C@H](C)c1ccc2ccccc2c1. The van der Waals surface area contributed by atoms with E-state index in [9.17, 15) is 9.59 Å². The summed E-state index contributed by atoms with van der Waals surface area (Å²) >= 11 is 0. The summed E-state index contributed by atoms with van der Waals surface area (Å²) in [7, 11) is 1.77. The Morgan fingerprint density at radius 1 is 0.867 bits per heavy atom. The van der Waals surface area contributed by atoms with E-state index in [1.54, 1.807) is 11.9 Å². The second kappa shape index (κ2) is 9.55. The molecule has 3 aromatic carbocycles.